The topological polar surface area (TPSA) is 94.8 Å². The van der Waals surface area contributed by atoms with E-state index >= 15 is 0 Å². The smallest absolute Gasteiger partial charge is 0.408 e. The molecular formula is C25H27NO6. The molecule has 0 saturated carbocycles. The van der Waals surface area contributed by atoms with E-state index in [0.717, 1.165) is 29.5 Å². The molecule has 7 heteroatoms. The Kier molecular flexibility index (Phi) is 7.65. The first-order valence-electron chi connectivity index (χ1n) is 10.6. The molecule has 0 spiro atoms. The summed E-state index contributed by atoms with van der Waals surface area (Å²) in [5.74, 6) is -0.354. The van der Waals surface area contributed by atoms with Gasteiger partial charge in [0.2, 0.25) is 0 Å². The van der Waals surface area contributed by atoms with E-state index in [9.17, 15) is 14.4 Å². The SMILES string of the molecule is CCCCc1cc(=O)oc2cc(C)cc(OC(=O)[C@H](C)NC(=O)OCc3ccccc3)c12. The number of carbonyl (C=O) groups is 2. The Hall–Kier alpha value is -3.61. The summed E-state index contributed by atoms with van der Waals surface area (Å²) in [6, 6.07) is 13.2. The molecule has 0 radical (unpaired) electrons. The summed E-state index contributed by atoms with van der Waals surface area (Å²) >= 11 is 0. The molecule has 3 rings (SSSR count). The molecule has 0 aliphatic rings. The lowest BCUT2D eigenvalue weighted by Crippen LogP contribution is -2.41. The number of esters is 1. The van der Waals surface area contributed by atoms with Gasteiger partial charge in [0.25, 0.3) is 0 Å². The maximum absolute atomic E-state index is 12.7. The van der Waals surface area contributed by atoms with Crippen LogP contribution in [0.1, 0.15) is 43.4 Å². The van der Waals surface area contributed by atoms with Gasteiger partial charge in [-0.25, -0.2) is 14.4 Å². The number of alkyl carbamates (subject to hydrolysis) is 1. The molecule has 1 aromatic heterocycles. The first kappa shape index (κ1) is 23.1. The molecule has 1 amide bonds. The van der Waals surface area contributed by atoms with E-state index in [1.165, 1.54) is 13.0 Å². The highest BCUT2D eigenvalue weighted by molar-refractivity contribution is 5.91. The fourth-order valence-corrected chi connectivity index (χ4v) is 3.31. The van der Waals surface area contributed by atoms with Crippen LogP contribution in [0.2, 0.25) is 0 Å². The van der Waals surface area contributed by atoms with Crippen molar-refractivity contribution in [2.75, 3.05) is 0 Å². The Morgan fingerprint density at radius 1 is 1.12 bits per heavy atom. The number of aryl methyl sites for hydroxylation is 2. The van der Waals surface area contributed by atoms with Gasteiger partial charge in [0.1, 0.15) is 24.0 Å². The number of unbranched alkanes of at least 4 members (excludes halogenated alkanes) is 1. The molecular weight excluding hydrogens is 410 g/mol. The first-order chi connectivity index (χ1) is 15.4. The van der Waals surface area contributed by atoms with E-state index < -0.39 is 23.7 Å². The highest BCUT2D eigenvalue weighted by Crippen LogP contribution is 2.31. The number of carbonyl (C=O) groups excluding carboxylic acids is 2. The summed E-state index contributed by atoms with van der Waals surface area (Å²) in [4.78, 5) is 36.7. The van der Waals surface area contributed by atoms with Crippen LogP contribution in [0.4, 0.5) is 4.79 Å². The molecule has 168 valence electrons. The van der Waals surface area contributed by atoms with E-state index in [0.29, 0.717) is 23.1 Å². The highest BCUT2D eigenvalue weighted by atomic mass is 16.6. The molecule has 0 aliphatic carbocycles. The van der Waals surface area contributed by atoms with E-state index in [2.05, 4.69) is 12.2 Å². The van der Waals surface area contributed by atoms with Crippen LogP contribution in [-0.4, -0.2) is 18.1 Å². The minimum atomic E-state index is -0.941. The zero-order valence-corrected chi connectivity index (χ0v) is 18.5. The standard InChI is InChI=1S/C25H27NO6/c1-4-5-11-19-14-22(27)31-20-12-16(2)13-21(23(19)20)32-24(28)17(3)26-25(29)30-15-18-9-7-6-8-10-18/h6-10,12-14,17H,4-5,11,15H2,1-3H3,(H,26,29)/t17-/m0/s1. The second kappa shape index (κ2) is 10.6. The fraction of sp³-hybridized carbons (Fsp3) is 0.320. The predicted octanol–water partition coefficient (Wildman–Crippen LogP) is 4.66. The van der Waals surface area contributed by atoms with Gasteiger partial charge in [0.05, 0.1) is 5.39 Å². The Bertz CT molecular complexity index is 1150. The zero-order valence-electron chi connectivity index (χ0n) is 18.5. The lowest BCUT2D eigenvalue weighted by molar-refractivity contribution is -0.136. The maximum atomic E-state index is 12.7. The van der Waals surface area contributed by atoms with Crippen molar-refractivity contribution >= 4 is 23.0 Å². The van der Waals surface area contributed by atoms with Gasteiger partial charge < -0.3 is 19.2 Å². The number of hydrogen-bond acceptors (Lipinski definition) is 6. The molecule has 1 atom stereocenters. The second-order valence-corrected chi connectivity index (χ2v) is 7.68. The average Bonchev–Trinajstić information content (AvgIpc) is 2.76. The van der Waals surface area contributed by atoms with Crippen LogP contribution in [0.3, 0.4) is 0 Å². The van der Waals surface area contributed by atoms with E-state index in [1.807, 2.05) is 37.3 Å². The number of rotatable bonds is 8. The van der Waals surface area contributed by atoms with Crippen molar-refractivity contribution in [2.45, 2.75) is 52.7 Å². The minimum absolute atomic E-state index is 0.0940. The summed E-state index contributed by atoms with van der Waals surface area (Å²) in [7, 11) is 0. The Balaban J connectivity index is 1.73. The summed E-state index contributed by atoms with van der Waals surface area (Å²) in [5, 5.41) is 3.08. The Morgan fingerprint density at radius 3 is 2.59 bits per heavy atom. The molecule has 0 aliphatic heterocycles. The number of amides is 1. The predicted molar refractivity (Wildman–Crippen MR) is 121 cm³/mol. The number of hydrogen-bond donors (Lipinski definition) is 1. The lowest BCUT2D eigenvalue weighted by Gasteiger charge is -2.16. The van der Waals surface area contributed by atoms with Crippen molar-refractivity contribution in [1.29, 1.82) is 0 Å². The van der Waals surface area contributed by atoms with Crippen LogP contribution >= 0.6 is 0 Å². The quantitative estimate of drug-likeness (QED) is 0.313. The van der Waals surface area contributed by atoms with Gasteiger partial charge in [-0.05, 0) is 55.5 Å². The average molecular weight is 437 g/mol. The summed E-state index contributed by atoms with van der Waals surface area (Å²) in [5.41, 5.74) is 2.31. The molecule has 0 saturated heterocycles. The largest absolute Gasteiger partial charge is 0.445 e. The molecule has 32 heavy (non-hydrogen) atoms. The molecule has 1 heterocycles. The van der Waals surface area contributed by atoms with Gasteiger partial charge >= 0.3 is 17.7 Å². The van der Waals surface area contributed by atoms with E-state index in [1.54, 1.807) is 12.1 Å². The van der Waals surface area contributed by atoms with E-state index in [-0.39, 0.29) is 6.61 Å². The van der Waals surface area contributed by atoms with Crippen LogP contribution < -0.4 is 15.7 Å². The van der Waals surface area contributed by atoms with Crippen LogP contribution in [0, 0.1) is 6.92 Å². The highest BCUT2D eigenvalue weighted by Gasteiger charge is 2.21. The Morgan fingerprint density at radius 2 is 1.88 bits per heavy atom. The summed E-state index contributed by atoms with van der Waals surface area (Å²) < 4.78 is 16.1. The molecule has 7 nitrogen and oxygen atoms in total. The van der Waals surface area contributed by atoms with Crippen LogP contribution in [0.5, 0.6) is 5.75 Å². The molecule has 2 aromatic carbocycles. The van der Waals surface area contributed by atoms with Gasteiger partial charge in [-0.3, -0.25) is 0 Å². The van der Waals surface area contributed by atoms with Crippen molar-refractivity contribution in [1.82, 2.24) is 5.32 Å². The number of nitrogens with one attached hydrogen (secondary N) is 1. The maximum Gasteiger partial charge on any atom is 0.408 e. The first-order valence-corrected chi connectivity index (χ1v) is 10.6. The van der Waals surface area contributed by atoms with Crippen molar-refractivity contribution in [2.24, 2.45) is 0 Å². The number of ether oxygens (including phenoxy) is 2. The van der Waals surface area contributed by atoms with Gasteiger partial charge in [0, 0.05) is 6.07 Å². The van der Waals surface area contributed by atoms with Crippen LogP contribution in [0.15, 0.2) is 57.7 Å². The van der Waals surface area contributed by atoms with Gasteiger partial charge in [-0.15, -0.1) is 0 Å². The minimum Gasteiger partial charge on any atom is -0.445 e. The van der Waals surface area contributed by atoms with Crippen LogP contribution in [-0.2, 0) is 22.6 Å². The van der Waals surface area contributed by atoms with E-state index in [4.69, 9.17) is 13.9 Å². The fourth-order valence-electron chi connectivity index (χ4n) is 3.31. The van der Waals surface area contributed by atoms with Gasteiger partial charge in [-0.2, -0.15) is 0 Å². The molecule has 0 fully saturated rings. The second-order valence-electron chi connectivity index (χ2n) is 7.68. The number of fused-ring (bicyclic) bond motifs is 1. The summed E-state index contributed by atoms with van der Waals surface area (Å²) in [6.07, 6.45) is 1.77. The third kappa shape index (κ3) is 5.97. The third-order valence-electron chi connectivity index (χ3n) is 4.94. The monoisotopic (exact) mass is 437 g/mol. The van der Waals surface area contributed by atoms with Crippen molar-refractivity contribution in [3.05, 3.63) is 75.6 Å². The Labute approximate surface area is 186 Å². The van der Waals surface area contributed by atoms with Crippen molar-refractivity contribution < 1.29 is 23.5 Å². The number of benzene rings is 2. The molecule has 0 unspecified atom stereocenters. The van der Waals surface area contributed by atoms with Crippen molar-refractivity contribution in [3.63, 3.8) is 0 Å². The normalized spacial score (nSPS) is 11.7. The van der Waals surface area contributed by atoms with Gasteiger partial charge in [-0.1, -0.05) is 43.7 Å². The van der Waals surface area contributed by atoms with Gasteiger partial charge in [0.15, 0.2) is 0 Å². The molecule has 0 bridgehead atoms. The summed E-state index contributed by atoms with van der Waals surface area (Å²) in [6.45, 7) is 5.49. The zero-order chi connectivity index (χ0) is 23.1. The van der Waals surface area contributed by atoms with Crippen LogP contribution in [0.25, 0.3) is 11.0 Å². The third-order valence-corrected chi connectivity index (χ3v) is 4.94. The lowest BCUT2D eigenvalue weighted by atomic mass is 10.0. The molecule has 1 N–H and O–H groups in total. The molecule has 3 aromatic rings. The van der Waals surface area contributed by atoms with Crippen molar-refractivity contribution in [3.8, 4) is 5.75 Å².